The van der Waals surface area contributed by atoms with Crippen molar-refractivity contribution in [2.24, 2.45) is 4.99 Å². The summed E-state index contributed by atoms with van der Waals surface area (Å²) in [5.74, 6) is 0.667. The zero-order valence-corrected chi connectivity index (χ0v) is 15.3. The van der Waals surface area contributed by atoms with Gasteiger partial charge < -0.3 is 10.6 Å². The van der Waals surface area contributed by atoms with Crippen molar-refractivity contribution in [1.82, 2.24) is 32.1 Å². The summed E-state index contributed by atoms with van der Waals surface area (Å²) in [7, 11) is 1.73. The molecule has 1 rings (SSSR count). The summed E-state index contributed by atoms with van der Waals surface area (Å²) < 4.78 is 0. The lowest BCUT2D eigenvalue weighted by Gasteiger charge is -2.29. The van der Waals surface area contributed by atoms with Crippen LogP contribution in [-0.4, -0.2) is 48.9 Å². The fourth-order valence-electron chi connectivity index (χ4n) is 1.66. The molecule has 1 aliphatic heterocycles. The Hall–Kier alpha value is -1.78. The first-order chi connectivity index (χ1) is 11.6. The highest BCUT2D eigenvalue weighted by Gasteiger charge is 2.17. The quantitative estimate of drug-likeness (QED) is 0.381. The van der Waals surface area contributed by atoms with E-state index in [-0.39, 0.29) is 17.7 Å². The van der Waals surface area contributed by atoms with E-state index in [0.29, 0.717) is 17.4 Å². The lowest BCUT2D eigenvalue weighted by molar-refractivity contribution is -0.110. The molecule has 0 spiro atoms. The van der Waals surface area contributed by atoms with Crippen LogP contribution in [0, 0.1) is 0 Å². The molecule has 0 atom stereocenters. The molecule has 0 saturated heterocycles. The molecule has 1 heterocycles. The fraction of sp³-hybridized carbons (Fsp3) is 0.643. The van der Waals surface area contributed by atoms with E-state index in [4.69, 9.17) is 0 Å². The second-order valence-electron chi connectivity index (χ2n) is 5.00. The van der Waals surface area contributed by atoms with E-state index >= 15 is 0 Å². The summed E-state index contributed by atoms with van der Waals surface area (Å²) in [6.07, 6.45) is 4.69. The van der Waals surface area contributed by atoms with Gasteiger partial charge in [-0.05, 0) is 24.6 Å². The maximum atomic E-state index is 12.0. The van der Waals surface area contributed by atoms with Gasteiger partial charge in [0, 0.05) is 26.2 Å². The number of rotatable bonds is 9. The highest BCUT2D eigenvalue weighted by molar-refractivity contribution is 8.17. The first-order valence-electron chi connectivity index (χ1n) is 8.08. The topological polar surface area (TPSA) is 110 Å². The summed E-state index contributed by atoms with van der Waals surface area (Å²) in [4.78, 5) is 27.9. The molecular formula is C14H27N7O2S. The Morgan fingerprint density at radius 2 is 2.04 bits per heavy atom. The molecule has 0 aliphatic carbocycles. The number of hydrogen-bond acceptors (Lipinski definition) is 7. The van der Waals surface area contributed by atoms with Crippen molar-refractivity contribution in [2.75, 3.05) is 26.7 Å². The molecule has 136 valence electrons. The molecule has 0 fully saturated rings. The third-order valence-corrected chi connectivity index (χ3v) is 3.69. The molecule has 0 unspecified atom stereocenters. The number of urea groups is 1. The summed E-state index contributed by atoms with van der Waals surface area (Å²) in [6.45, 7) is 5.33. The van der Waals surface area contributed by atoms with Crippen LogP contribution in [0.4, 0.5) is 4.79 Å². The number of hydrogen-bond donors (Lipinski definition) is 5. The van der Waals surface area contributed by atoms with Gasteiger partial charge in [0.05, 0.1) is 11.6 Å². The fourth-order valence-corrected chi connectivity index (χ4v) is 2.35. The Labute approximate surface area is 147 Å². The van der Waals surface area contributed by atoms with Crippen molar-refractivity contribution in [1.29, 1.82) is 0 Å². The van der Waals surface area contributed by atoms with Gasteiger partial charge in [-0.1, -0.05) is 25.5 Å². The number of unbranched alkanes of at least 4 members (excludes halogenated alkanes) is 1. The average molecular weight is 357 g/mol. The number of carbonyl (C=O) groups excluding carboxylic acids is 2. The van der Waals surface area contributed by atoms with E-state index < -0.39 is 0 Å². The van der Waals surface area contributed by atoms with Gasteiger partial charge in [0.15, 0.2) is 0 Å². The monoisotopic (exact) mass is 357 g/mol. The van der Waals surface area contributed by atoms with Crippen LogP contribution in [0.25, 0.3) is 0 Å². The first-order valence-corrected chi connectivity index (χ1v) is 8.90. The Kier molecular flexibility index (Phi) is 9.89. The lowest BCUT2D eigenvalue weighted by atomic mass is 10.3. The van der Waals surface area contributed by atoms with Crippen molar-refractivity contribution in [3.05, 3.63) is 11.1 Å². The summed E-state index contributed by atoms with van der Waals surface area (Å²) >= 11 is 1.01. The van der Waals surface area contributed by atoms with Gasteiger partial charge in [0.2, 0.25) is 5.12 Å². The van der Waals surface area contributed by atoms with E-state index in [1.165, 1.54) is 5.23 Å². The molecule has 0 saturated carbocycles. The molecule has 0 radical (unpaired) electrons. The molecule has 1 aliphatic rings. The first kappa shape index (κ1) is 20.3. The normalized spacial score (nSPS) is 16.1. The minimum absolute atomic E-state index is 0.0471. The molecule has 2 amide bonds. The number of amides is 2. The summed E-state index contributed by atoms with van der Waals surface area (Å²) in [5, 5.41) is 7.15. The zero-order valence-electron chi connectivity index (χ0n) is 14.4. The van der Waals surface area contributed by atoms with E-state index in [1.807, 2.05) is 6.92 Å². The van der Waals surface area contributed by atoms with Crippen molar-refractivity contribution < 1.29 is 9.59 Å². The molecule has 9 nitrogen and oxygen atoms in total. The van der Waals surface area contributed by atoms with Crippen molar-refractivity contribution >= 4 is 28.7 Å². The molecule has 24 heavy (non-hydrogen) atoms. The van der Waals surface area contributed by atoms with E-state index in [2.05, 4.69) is 38.8 Å². The maximum absolute atomic E-state index is 12.0. The standard InChI is InChI=1S/C14H27N7O2S/c1-4-6-8-16-11-9-12(20-21(15-3)19-11)24-13(22)10-18-14(23)17-7-5-2/h9,15,20H,4-8,10H2,1-3H3,(H,16,19)(H2,17,18,23). The predicted octanol–water partition coefficient (Wildman–Crippen LogP) is 0.455. The number of nitrogens with one attached hydrogen (secondary N) is 5. The van der Waals surface area contributed by atoms with Crippen LogP contribution >= 0.6 is 11.8 Å². The number of amidine groups is 1. The summed E-state index contributed by atoms with van der Waals surface area (Å²) in [6, 6.07) is -0.336. The van der Waals surface area contributed by atoms with Crippen molar-refractivity contribution in [3.63, 3.8) is 0 Å². The Morgan fingerprint density at radius 1 is 1.25 bits per heavy atom. The molecule has 10 heteroatoms. The second-order valence-corrected chi connectivity index (χ2v) is 6.09. The Bertz CT molecular complexity index is 482. The van der Waals surface area contributed by atoms with Crippen molar-refractivity contribution in [3.8, 4) is 0 Å². The highest BCUT2D eigenvalue weighted by Crippen LogP contribution is 2.15. The SMILES string of the molecule is CCCCN=C1C=C(SC(=O)CNC(=O)NCCC)NN(NC)N1. The average Bonchev–Trinajstić information content (AvgIpc) is 2.58. The van der Waals surface area contributed by atoms with Crippen LogP contribution in [0.2, 0.25) is 0 Å². The van der Waals surface area contributed by atoms with Crippen LogP contribution in [0.15, 0.2) is 16.1 Å². The van der Waals surface area contributed by atoms with Crippen LogP contribution in [-0.2, 0) is 4.79 Å². The number of nitrogens with zero attached hydrogens (tertiary/aromatic N) is 2. The molecule has 0 aromatic heterocycles. The number of thioether (sulfide) groups is 1. The van der Waals surface area contributed by atoms with Gasteiger partial charge in [0.1, 0.15) is 5.84 Å². The minimum Gasteiger partial charge on any atom is -0.338 e. The van der Waals surface area contributed by atoms with E-state index in [0.717, 1.165) is 37.6 Å². The lowest BCUT2D eigenvalue weighted by Crippen LogP contribution is -2.58. The minimum atomic E-state index is -0.336. The molecule has 0 aromatic carbocycles. The zero-order chi connectivity index (χ0) is 17.8. The van der Waals surface area contributed by atoms with E-state index in [1.54, 1.807) is 13.1 Å². The van der Waals surface area contributed by atoms with Gasteiger partial charge in [0.25, 0.3) is 0 Å². The Morgan fingerprint density at radius 3 is 2.71 bits per heavy atom. The maximum Gasteiger partial charge on any atom is 0.315 e. The number of aliphatic imine (C=N–C) groups is 1. The third-order valence-electron chi connectivity index (χ3n) is 2.89. The predicted molar refractivity (Wildman–Crippen MR) is 96.8 cm³/mol. The van der Waals surface area contributed by atoms with Gasteiger partial charge in [-0.3, -0.25) is 20.6 Å². The van der Waals surface area contributed by atoms with E-state index in [9.17, 15) is 9.59 Å². The largest absolute Gasteiger partial charge is 0.338 e. The van der Waals surface area contributed by atoms with Gasteiger partial charge in [-0.2, -0.15) is 0 Å². The smallest absolute Gasteiger partial charge is 0.315 e. The third kappa shape index (κ3) is 8.18. The second kappa shape index (κ2) is 11.7. The number of hydrazine groups is 3. The molecule has 0 bridgehead atoms. The van der Waals surface area contributed by atoms with Crippen LogP contribution in [0.3, 0.4) is 0 Å². The van der Waals surface area contributed by atoms with Gasteiger partial charge in [-0.25, -0.2) is 10.2 Å². The van der Waals surface area contributed by atoms with Crippen molar-refractivity contribution in [2.45, 2.75) is 33.1 Å². The van der Waals surface area contributed by atoms with Crippen LogP contribution < -0.4 is 26.9 Å². The van der Waals surface area contributed by atoms with Crippen LogP contribution in [0.5, 0.6) is 0 Å². The molecule has 0 aromatic rings. The van der Waals surface area contributed by atoms with Gasteiger partial charge >= 0.3 is 6.03 Å². The summed E-state index contributed by atoms with van der Waals surface area (Å²) in [5.41, 5.74) is 8.89. The molecular weight excluding hydrogens is 330 g/mol. The highest BCUT2D eigenvalue weighted by atomic mass is 32.2. The Balaban J connectivity index is 2.51. The van der Waals surface area contributed by atoms with Crippen LogP contribution in [0.1, 0.15) is 33.1 Å². The number of carbonyl (C=O) groups is 2. The molecule has 5 N–H and O–H groups in total. The van der Waals surface area contributed by atoms with Gasteiger partial charge in [-0.15, -0.1) is 0 Å².